The molecule has 2 aromatic rings. The van der Waals surface area contributed by atoms with Gasteiger partial charge in [0, 0.05) is 30.3 Å². The fourth-order valence-electron chi connectivity index (χ4n) is 3.89. The van der Waals surface area contributed by atoms with Crippen LogP contribution in [0.1, 0.15) is 38.7 Å². The van der Waals surface area contributed by atoms with Crippen LogP contribution in [0.4, 0.5) is 18.9 Å². The maximum atomic E-state index is 12.6. The van der Waals surface area contributed by atoms with E-state index in [-0.39, 0.29) is 24.2 Å². The topological polar surface area (TPSA) is 38.8 Å². The molecule has 2 atom stereocenters. The van der Waals surface area contributed by atoms with Gasteiger partial charge in [-0.2, -0.15) is 0 Å². The van der Waals surface area contributed by atoms with Gasteiger partial charge in [0.1, 0.15) is 23.9 Å². The quantitative estimate of drug-likeness (QED) is 0.544. The number of rotatable bonds is 8. The number of anilines is 1. The number of alkyl halides is 3. The molecule has 1 heterocycles. The molecule has 30 heavy (non-hydrogen) atoms. The molecular formula is C23H26F3NO3. The molecule has 162 valence electrons. The van der Waals surface area contributed by atoms with Crippen LogP contribution in [-0.2, 0) is 11.4 Å². The molecule has 4 nitrogen and oxygen atoms in total. The Morgan fingerprint density at radius 2 is 1.83 bits per heavy atom. The van der Waals surface area contributed by atoms with E-state index < -0.39 is 6.36 Å². The van der Waals surface area contributed by atoms with Crippen LogP contribution in [-0.4, -0.2) is 24.7 Å². The molecule has 0 bridgehead atoms. The number of ether oxygens (including phenoxy) is 2. The summed E-state index contributed by atoms with van der Waals surface area (Å²) in [6.45, 7) is 4.65. The van der Waals surface area contributed by atoms with Crippen LogP contribution in [0.3, 0.4) is 0 Å². The van der Waals surface area contributed by atoms with Crippen molar-refractivity contribution in [2.45, 2.75) is 52.1 Å². The molecule has 0 spiro atoms. The predicted octanol–water partition coefficient (Wildman–Crippen LogP) is 5.75. The lowest BCUT2D eigenvalue weighted by Crippen LogP contribution is -2.30. The first kappa shape index (κ1) is 22.0. The number of para-hydroxylation sites is 1. The average molecular weight is 421 g/mol. The highest BCUT2D eigenvalue weighted by molar-refractivity contribution is 5.77. The minimum Gasteiger partial charge on any atom is -0.489 e. The summed E-state index contributed by atoms with van der Waals surface area (Å²) >= 11 is 0. The van der Waals surface area contributed by atoms with Gasteiger partial charge in [0.05, 0.1) is 0 Å². The maximum Gasteiger partial charge on any atom is 0.573 e. The molecule has 2 unspecified atom stereocenters. The third-order valence-electron chi connectivity index (χ3n) is 5.36. The molecule has 7 heteroatoms. The second-order valence-electron chi connectivity index (χ2n) is 7.66. The van der Waals surface area contributed by atoms with Crippen molar-refractivity contribution in [2.24, 2.45) is 5.92 Å². The highest BCUT2D eigenvalue weighted by Crippen LogP contribution is 2.34. The number of halogens is 3. The van der Waals surface area contributed by atoms with E-state index in [0.29, 0.717) is 23.7 Å². The number of carbonyl (C=O) groups excluding carboxylic acids is 1. The van der Waals surface area contributed by atoms with Crippen LogP contribution in [0.5, 0.6) is 11.5 Å². The van der Waals surface area contributed by atoms with E-state index in [1.54, 1.807) is 25.1 Å². The number of Topliss-reactive ketones (excluding diaryl/α,β-unsaturated/α-hetero) is 1. The third kappa shape index (κ3) is 5.90. The van der Waals surface area contributed by atoms with Gasteiger partial charge in [-0.05, 0) is 49.6 Å². The number of carbonyl (C=O) groups is 1. The summed E-state index contributed by atoms with van der Waals surface area (Å²) in [5.41, 5.74) is 1.33. The van der Waals surface area contributed by atoms with E-state index in [0.717, 1.165) is 25.1 Å². The third-order valence-corrected chi connectivity index (χ3v) is 5.36. The number of nitrogens with zero attached hydrogens (tertiary/aromatic N) is 1. The zero-order valence-electron chi connectivity index (χ0n) is 17.1. The van der Waals surface area contributed by atoms with E-state index >= 15 is 0 Å². The van der Waals surface area contributed by atoms with Crippen molar-refractivity contribution in [3.8, 4) is 11.5 Å². The minimum absolute atomic E-state index is 0.0415. The molecular weight excluding hydrogens is 395 g/mol. The summed E-state index contributed by atoms with van der Waals surface area (Å²) in [4.78, 5) is 13.9. The van der Waals surface area contributed by atoms with Crippen LogP contribution in [0, 0.1) is 5.92 Å². The Morgan fingerprint density at radius 1 is 1.13 bits per heavy atom. The van der Waals surface area contributed by atoms with E-state index in [2.05, 4.69) is 16.6 Å². The van der Waals surface area contributed by atoms with Gasteiger partial charge >= 0.3 is 6.36 Å². The van der Waals surface area contributed by atoms with E-state index in [4.69, 9.17) is 4.74 Å². The first-order valence-electron chi connectivity index (χ1n) is 10.1. The Balaban J connectivity index is 1.66. The average Bonchev–Trinajstić information content (AvgIpc) is 3.09. The Bertz CT molecular complexity index is 852. The largest absolute Gasteiger partial charge is 0.573 e. The van der Waals surface area contributed by atoms with Crippen LogP contribution in [0.2, 0.25) is 0 Å². The Hall–Kier alpha value is -2.70. The Kier molecular flexibility index (Phi) is 6.90. The lowest BCUT2D eigenvalue weighted by molar-refractivity contribution is -0.275. The lowest BCUT2D eigenvalue weighted by Gasteiger charge is -2.26. The maximum absolute atomic E-state index is 12.6. The molecule has 1 aliphatic rings. The summed E-state index contributed by atoms with van der Waals surface area (Å²) in [6, 6.07) is 13.6. The minimum atomic E-state index is -4.75. The van der Waals surface area contributed by atoms with Crippen molar-refractivity contribution < 1.29 is 27.4 Å². The highest BCUT2D eigenvalue weighted by Gasteiger charge is 2.33. The standard InChI is InChI=1S/C23H26F3NO3/c1-3-17-13-20(12-16(2)28)27(14-17)19-8-10-21(11-9-19)29-15-18-6-4-5-7-22(18)30-23(24,25)26/h4-11,17,20H,3,12-15H2,1-2H3. The highest BCUT2D eigenvalue weighted by atomic mass is 19.4. The smallest absolute Gasteiger partial charge is 0.489 e. The van der Waals surface area contributed by atoms with Gasteiger partial charge in [-0.15, -0.1) is 13.2 Å². The molecule has 0 amide bonds. The second kappa shape index (κ2) is 9.41. The van der Waals surface area contributed by atoms with Crippen LogP contribution >= 0.6 is 0 Å². The van der Waals surface area contributed by atoms with Gasteiger partial charge in [-0.1, -0.05) is 31.5 Å². The Morgan fingerprint density at radius 3 is 2.47 bits per heavy atom. The normalized spacial score (nSPS) is 19.0. The predicted molar refractivity (Wildman–Crippen MR) is 109 cm³/mol. The molecule has 1 saturated heterocycles. The first-order chi connectivity index (χ1) is 14.2. The van der Waals surface area contributed by atoms with Gasteiger partial charge in [0.2, 0.25) is 0 Å². The molecule has 2 aromatic carbocycles. The number of hydrogen-bond donors (Lipinski definition) is 0. The summed E-state index contributed by atoms with van der Waals surface area (Å²) in [5, 5.41) is 0. The van der Waals surface area contributed by atoms with Gasteiger partial charge < -0.3 is 14.4 Å². The zero-order chi connectivity index (χ0) is 21.7. The van der Waals surface area contributed by atoms with Crippen LogP contribution in [0.25, 0.3) is 0 Å². The van der Waals surface area contributed by atoms with Gasteiger partial charge in [0.15, 0.2) is 0 Å². The van der Waals surface area contributed by atoms with E-state index in [1.165, 1.54) is 18.2 Å². The first-order valence-corrected chi connectivity index (χ1v) is 10.1. The fraction of sp³-hybridized carbons (Fsp3) is 0.435. The van der Waals surface area contributed by atoms with Crippen molar-refractivity contribution in [1.29, 1.82) is 0 Å². The molecule has 0 radical (unpaired) electrons. The molecule has 0 N–H and O–H groups in total. The summed E-state index contributed by atoms with van der Waals surface area (Å²) in [5.74, 6) is 1.03. The second-order valence-corrected chi connectivity index (χ2v) is 7.66. The molecule has 0 saturated carbocycles. The fourth-order valence-corrected chi connectivity index (χ4v) is 3.89. The van der Waals surface area contributed by atoms with Crippen LogP contribution < -0.4 is 14.4 Å². The molecule has 3 rings (SSSR count). The number of hydrogen-bond acceptors (Lipinski definition) is 4. The number of benzene rings is 2. The summed E-state index contributed by atoms with van der Waals surface area (Å²) in [6.07, 6.45) is -2.14. The summed E-state index contributed by atoms with van der Waals surface area (Å²) < 4.78 is 47.4. The van der Waals surface area contributed by atoms with Crippen molar-refractivity contribution >= 4 is 11.5 Å². The lowest BCUT2D eigenvalue weighted by atomic mass is 10.0. The molecule has 1 aliphatic heterocycles. The SMILES string of the molecule is CCC1CC(CC(C)=O)N(c2ccc(OCc3ccccc3OC(F)(F)F)cc2)C1. The number of ketones is 1. The van der Waals surface area contributed by atoms with Crippen molar-refractivity contribution in [3.63, 3.8) is 0 Å². The van der Waals surface area contributed by atoms with Gasteiger partial charge in [-0.25, -0.2) is 0 Å². The summed E-state index contributed by atoms with van der Waals surface area (Å²) in [7, 11) is 0. The molecule has 0 aromatic heterocycles. The van der Waals surface area contributed by atoms with Crippen molar-refractivity contribution in [1.82, 2.24) is 0 Å². The molecule has 1 fully saturated rings. The van der Waals surface area contributed by atoms with Crippen LogP contribution in [0.15, 0.2) is 48.5 Å². The Labute approximate surface area is 174 Å². The van der Waals surface area contributed by atoms with Crippen molar-refractivity contribution in [3.05, 3.63) is 54.1 Å². The van der Waals surface area contributed by atoms with Gasteiger partial charge in [0.25, 0.3) is 0 Å². The van der Waals surface area contributed by atoms with E-state index in [9.17, 15) is 18.0 Å². The monoisotopic (exact) mass is 421 g/mol. The molecule has 0 aliphatic carbocycles. The van der Waals surface area contributed by atoms with Crippen molar-refractivity contribution in [2.75, 3.05) is 11.4 Å². The van der Waals surface area contributed by atoms with E-state index in [1.807, 2.05) is 12.1 Å². The zero-order valence-corrected chi connectivity index (χ0v) is 17.1. The van der Waals surface area contributed by atoms with Gasteiger partial charge in [-0.3, -0.25) is 4.79 Å².